The minimum Gasteiger partial charge on any atom is -0.352 e. The largest absolute Gasteiger partial charge is 0.352 e. The summed E-state index contributed by atoms with van der Waals surface area (Å²) >= 11 is 0. The summed E-state index contributed by atoms with van der Waals surface area (Å²) in [6.07, 6.45) is 7.56. The average Bonchev–Trinajstić information content (AvgIpc) is 3.14. The normalized spacial score (nSPS) is 20.7. The molecule has 1 fully saturated rings. The Bertz CT molecular complexity index is 778. The van der Waals surface area contributed by atoms with Gasteiger partial charge >= 0.3 is 0 Å². The number of carbonyl (C=O) groups excluding carboxylic acids is 2. The van der Waals surface area contributed by atoms with Crippen molar-refractivity contribution in [3.8, 4) is 0 Å². The van der Waals surface area contributed by atoms with E-state index in [2.05, 4.69) is 5.32 Å². The van der Waals surface area contributed by atoms with Gasteiger partial charge < -0.3 is 14.8 Å². The number of aromatic nitrogens is 1. The van der Waals surface area contributed by atoms with Crippen LogP contribution in [0.1, 0.15) is 48.2 Å². The molecule has 1 unspecified atom stereocenters. The lowest BCUT2D eigenvalue weighted by molar-refractivity contribution is -0.127. The van der Waals surface area contributed by atoms with Crippen molar-refractivity contribution in [1.29, 1.82) is 0 Å². The molecule has 5 nitrogen and oxygen atoms in total. The molecular weight excluding hydrogens is 326 g/mol. The molecule has 1 N–H and O–H groups in total. The van der Waals surface area contributed by atoms with E-state index >= 15 is 0 Å². The van der Waals surface area contributed by atoms with Gasteiger partial charge in [0.1, 0.15) is 11.7 Å². The van der Waals surface area contributed by atoms with Crippen LogP contribution in [0, 0.1) is 0 Å². The van der Waals surface area contributed by atoms with Crippen LogP contribution in [0.2, 0.25) is 0 Å². The number of fused-ring (bicyclic) bond motifs is 1. The van der Waals surface area contributed by atoms with Crippen LogP contribution in [0.5, 0.6) is 0 Å². The number of rotatable bonds is 4. The number of nitrogens with one attached hydrogen (secondary N) is 1. The van der Waals surface area contributed by atoms with Crippen molar-refractivity contribution in [2.75, 3.05) is 0 Å². The highest BCUT2D eigenvalue weighted by atomic mass is 16.2. The van der Waals surface area contributed by atoms with Crippen LogP contribution in [0.15, 0.2) is 48.7 Å². The first-order valence-electron chi connectivity index (χ1n) is 9.53. The van der Waals surface area contributed by atoms with Gasteiger partial charge in [0, 0.05) is 18.8 Å². The summed E-state index contributed by atoms with van der Waals surface area (Å²) in [6.45, 7) is 0.965. The predicted octanol–water partition coefficient (Wildman–Crippen LogP) is 2.96. The number of amides is 2. The average molecular weight is 351 g/mol. The van der Waals surface area contributed by atoms with Gasteiger partial charge in [0.25, 0.3) is 5.91 Å². The quantitative estimate of drug-likeness (QED) is 0.921. The molecule has 1 aromatic heterocycles. The lowest BCUT2D eigenvalue weighted by Gasteiger charge is -2.37. The Morgan fingerprint density at radius 3 is 2.58 bits per heavy atom. The molecule has 0 bridgehead atoms. The fourth-order valence-electron chi connectivity index (χ4n) is 4.07. The molecule has 0 saturated heterocycles. The van der Waals surface area contributed by atoms with Gasteiger partial charge in [-0.2, -0.15) is 0 Å². The van der Waals surface area contributed by atoms with Crippen LogP contribution >= 0.6 is 0 Å². The molecular formula is C21H25N3O2. The van der Waals surface area contributed by atoms with Crippen LogP contribution in [-0.4, -0.2) is 33.4 Å². The highest BCUT2D eigenvalue weighted by molar-refractivity contribution is 5.97. The van der Waals surface area contributed by atoms with E-state index in [0.717, 1.165) is 18.4 Å². The van der Waals surface area contributed by atoms with E-state index in [1.807, 2.05) is 53.2 Å². The summed E-state index contributed by atoms with van der Waals surface area (Å²) in [6, 6.07) is 13.4. The standard InChI is InChI=1S/C21H25N3O2/c25-20(22-17-10-5-2-6-11-17)19-15-23-13-7-12-18(23)21(26)24(19)14-16-8-3-1-4-9-16/h1,3-4,7-9,12-13,17,19H,2,5-6,10-11,14-15H2,(H,22,25). The van der Waals surface area contributed by atoms with E-state index in [-0.39, 0.29) is 17.9 Å². The zero-order chi connectivity index (χ0) is 17.9. The summed E-state index contributed by atoms with van der Waals surface area (Å²) in [4.78, 5) is 27.8. The molecule has 1 aromatic carbocycles. The molecule has 0 spiro atoms. The Morgan fingerprint density at radius 1 is 1.04 bits per heavy atom. The highest BCUT2D eigenvalue weighted by Gasteiger charge is 2.37. The monoisotopic (exact) mass is 351 g/mol. The van der Waals surface area contributed by atoms with Gasteiger partial charge in [0.2, 0.25) is 5.91 Å². The third-order valence-electron chi connectivity index (χ3n) is 5.51. The Kier molecular flexibility index (Phi) is 4.78. The topological polar surface area (TPSA) is 54.3 Å². The molecule has 1 aliphatic carbocycles. The molecule has 0 radical (unpaired) electrons. The van der Waals surface area contributed by atoms with E-state index in [9.17, 15) is 9.59 Å². The van der Waals surface area contributed by atoms with Gasteiger partial charge in [0.15, 0.2) is 0 Å². The molecule has 1 atom stereocenters. The smallest absolute Gasteiger partial charge is 0.271 e. The van der Waals surface area contributed by atoms with Crippen LogP contribution in [0.3, 0.4) is 0 Å². The van der Waals surface area contributed by atoms with E-state index in [1.54, 1.807) is 4.90 Å². The summed E-state index contributed by atoms with van der Waals surface area (Å²) in [5.74, 6) is -0.102. The molecule has 2 aromatic rings. The van der Waals surface area contributed by atoms with Crippen molar-refractivity contribution in [2.24, 2.45) is 0 Å². The molecule has 4 rings (SSSR count). The minimum atomic E-state index is -0.468. The van der Waals surface area contributed by atoms with Gasteiger partial charge in [-0.1, -0.05) is 49.6 Å². The lowest BCUT2D eigenvalue weighted by atomic mass is 9.95. The maximum atomic E-state index is 13.0. The fourth-order valence-corrected chi connectivity index (χ4v) is 4.07. The van der Waals surface area contributed by atoms with Gasteiger partial charge in [-0.25, -0.2) is 0 Å². The lowest BCUT2D eigenvalue weighted by Crippen LogP contribution is -2.56. The first kappa shape index (κ1) is 16.9. The third-order valence-corrected chi connectivity index (χ3v) is 5.51. The van der Waals surface area contributed by atoms with Crippen LogP contribution < -0.4 is 5.32 Å². The van der Waals surface area contributed by atoms with Gasteiger partial charge in [-0.3, -0.25) is 9.59 Å². The van der Waals surface area contributed by atoms with Crippen molar-refractivity contribution in [2.45, 2.75) is 57.3 Å². The number of hydrogen-bond donors (Lipinski definition) is 1. The Hall–Kier alpha value is -2.56. The van der Waals surface area contributed by atoms with Crippen LogP contribution in [0.4, 0.5) is 0 Å². The Morgan fingerprint density at radius 2 is 1.81 bits per heavy atom. The number of carbonyl (C=O) groups is 2. The van der Waals surface area contributed by atoms with Crippen molar-refractivity contribution in [3.63, 3.8) is 0 Å². The Balaban J connectivity index is 1.57. The molecule has 26 heavy (non-hydrogen) atoms. The molecule has 2 aliphatic rings. The number of nitrogens with zero attached hydrogens (tertiary/aromatic N) is 2. The summed E-state index contributed by atoms with van der Waals surface area (Å²) in [5.41, 5.74) is 1.69. The zero-order valence-electron chi connectivity index (χ0n) is 14.9. The second-order valence-corrected chi connectivity index (χ2v) is 7.32. The summed E-state index contributed by atoms with van der Waals surface area (Å²) in [7, 11) is 0. The highest BCUT2D eigenvalue weighted by Crippen LogP contribution is 2.23. The van der Waals surface area contributed by atoms with E-state index in [4.69, 9.17) is 0 Å². The minimum absolute atomic E-state index is 0.0273. The Labute approximate surface area is 154 Å². The third kappa shape index (κ3) is 3.39. The zero-order valence-corrected chi connectivity index (χ0v) is 14.9. The maximum absolute atomic E-state index is 13.0. The summed E-state index contributed by atoms with van der Waals surface area (Å²) in [5, 5.41) is 3.20. The van der Waals surface area contributed by atoms with Gasteiger partial charge in [-0.05, 0) is 30.5 Å². The van der Waals surface area contributed by atoms with Crippen LogP contribution in [0.25, 0.3) is 0 Å². The fraction of sp³-hybridized carbons (Fsp3) is 0.429. The molecule has 2 heterocycles. The van der Waals surface area contributed by atoms with Crippen LogP contribution in [-0.2, 0) is 17.9 Å². The maximum Gasteiger partial charge on any atom is 0.271 e. The number of hydrogen-bond acceptors (Lipinski definition) is 2. The molecule has 2 amide bonds. The van der Waals surface area contributed by atoms with E-state index in [0.29, 0.717) is 18.8 Å². The molecule has 136 valence electrons. The van der Waals surface area contributed by atoms with Crippen molar-refractivity contribution in [1.82, 2.24) is 14.8 Å². The van der Waals surface area contributed by atoms with E-state index < -0.39 is 6.04 Å². The molecule has 1 saturated carbocycles. The summed E-state index contributed by atoms with van der Waals surface area (Å²) < 4.78 is 1.90. The SMILES string of the molecule is O=C(NC1CCCCC1)C1Cn2cccc2C(=O)N1Cc1ccccc1. The van der Waals surface area contributed by atoms with Gasteiger partial charge in [-0.15, -0.1) is 0 Å². The predicted molar refractivity (Wildman–Crippen MR) is 99.6 cm³/mol. The first-order valence-corrected chi connectivity index (χ1v) is 9.53. The van der Waals surface area contributed by atoms with Gasteiger partial charge in [0.05, 0.1) is 6.54 Å². The molecule has 5 heteroatoms. The van der Waals surface area contributed by atoms with Crippen molar-refractivity contribution in [3.05, 3.63) is 59.9 Å². The molecule has 1 aliphatic heterocycles. The second-order valence-electron chi connectivity index (χ2n) is 7.32. The van der Waals surface area contributed by atoms with Crippen molar-refractivity contribution < 1.29 is 9.59 Å². The first-order chi connectivity index (χ1) is 12.7. The second kappa shape index (κ2) is 7.36. The van der Waals surface area contributed by atoms with Crippen molar-refractivity contribution >= 4 is 11.8 Å². The van der Waals surface area contributed by atoms with E-state index in [1.165, 1.54) is 19.3 Å². The number of benzene rings is 1.